The summed E-state index contributed by atoms with van der Waals surface area (Å²) in [7, 11) is 0. The third-order valence-corrected chi connectivity index (χ3v) is 5.06. The van der Waals surface area contributed by atoms with E-state index >= 15 is 0 Å². The summed E-state index contributed by atoms with van der Waals surface area (Å²) in [6, 6.07) is 11.2. The molecule has 0 saturated carbocycles. The Labute approximate surface area is 177 Å². The van der Waals surface area contributed by atoms with Gasteiger partial charge in [-0.25, -0.2) is 9.78 Å². The van der Waals surface area contributed by atoms with Crippen LogP contribution in [0.2, 0.25) is 0 Å². The first-order valence-corrected chi connectivity index (χ1v) is 9.76. The summed E-state index contributed by atoms with van der Waals surface area (Å²) < 4.78 is 39.4. The molecule has 6 nitrogen and oxygen atoms in total. The molecule has 0 bridgehead atoms. The van der Waals surface area contributed by atoms with Crippen molar-refractivity contribution in [3.05, 3.63) is 66.5 Å². The number of aromatic nitrogens is 2. The highest BCUT2D eigenvalue weighted by Gasteiger charge is 2.31. The van der Waals surface area contributed by atoms with Crippen molar-refractivity contribution < 1.29 is 18.0 Å². The van der Waals surface area contributed by atoms with Gasteiger partial charge in [0.15, 0.2) is 5.82 Å². The minimum absolute atomic E-state index is 0.181. The minimum atomic E-state index is -4.45. The molecule has 0 spiro atoms. The van der Waals surface area contributed by atoms with Crippen LogP contribution in [0, 0.1) is 0 Å². The first-order valence-electron chi connectivity index (χ1n) is 9.76. The first-order chi connectivity index (χ1) is 14.8. The van der Waals surface area contributed by atoms with Crippen molar-refractivity contribution in [2.24, 2.45) is 0 Å². The van der Waals surface area contributed by atoms with Gasteiger partial charge in [-0.2, -0.15) is 13.2 Å². The Morgan fingerprint density at radius 1 is 1.16 bits per heavy atom. The van der Waals surface area contributed by atoms with Gasteiger partial charge in [0, 0.05) is 36.2 Å². The number of nitrogens with one attached hydrogen (secondary N) is 2. The minimum Gasteiger partial charge on any atom is -0.382 e. The molecule has 0 fully saturated rings. The van der Waals surface area contributed by atoms with Crippen LogP contribution in [0.1, 0.15) is 18.9 Å². The highest BCUT2D eigenvalue weighted by atomic mass is 19.4. The second-order valence-electron chi connectivity index (χ2n) is 7.25. The smallest absolute Gasteiger partial charge is 0.382 e. The molecule has 160 valence electrons. The van der Waals surface area contributed by atoms with Gasteiger partial charge < -0.3 is 10.6 Å². The fraction of sp³-hybridized carbons (Fsp3) is 0.227. The summed E-state index contributed by atoms with van der Waals surface area (Å²) in [6.07, 6.45) is -0.630. The number of anilines is 3. The van der Waals surface area contributed by atoms with Gasteiger partial charge in [0.1, 0.15) is 0 Å². The Balaban J connectivity index is 1.73. The molecule has 2 aromatic heterocycles. The van der Waals surface area contributed by atoms with E-state index in [2.05, 4.69) is 20.6 Å². The fourth-order valence-electron chi connectivity index (χ4n) is 3.45. The van der Waals surface area contributed by atoms with Crippen molar-refractivity contribution in [1.82, 2.24) is 9.97 Å². The lowest BCUT2D eigenvalue weighted by Crippen LogP contribution is -2.42. The number of carbonyl (C=O) groups excluding carboxylic acids is 1. The van der Waals surface area contributed by atoms with E-state index in [1.807, 2.05) is 6.92 Å². The van der Waals surface area contributed by atoms with Crippen molar-refractivity contribution in [3.63, 3.8) is 0 Å². The van der Waals surface area contributed by atoms with Crippen LogP contribution < -0.4 is 15.5 Å². The maximum Gasteiger partial charge on any atom is 0.416 e. The number of urea groups is 1. The SMILES string of the molecule is C[C@@H]1CCNc2ccc(-c3cccc(C(F)(F)F)c3)nc2N1C(=O)Nc1ccncc1. The maximum atomic E-state index is 13.1. The van der Waals surface area contributed by atoms with E-state index < -0.39 is 11.7 Å². The normalized spacial score (nSPS) is 16.1. The van der Waals surface area contributed by atoms with Gasteiger partial charge in [-0.05, 0) is 49.7 Å². The molecule has 0 aliphatic carbocycles. The number of pyridine rings is 2. The highest BCUT2D eigenvalue weighted by molar-refractivity contribution is 6.03. The number of amides is 2. The zero-order valence-electron chi connectivity index (χ0n) is 16.6. The number of fused-ring (bicyclic) bond motifs is 1. The molecule has 1 aliphatic heterocycles. The average molecular weight is 427 g/mol. The van der Waals surface area contributed by atoms with Crippen molar-refractivity contribution in [2.45, 2.75) is 25.6 Å². The van der Waals surface area contributed by atoms with E-state index in [1.54, 1.807) is 42.7 Å². The number of hydrogen-bond donors (Lipinski definition) is 2. The number of alkyl halides is 3. The summed E-state index contributed by atoms with van der Waals surface area (Å²) in [5, 5.41) is 6.07. The van der Waals surface area contributed by atoms with Crippen LogP contribution in [-0.2, 0) is 6.18 Å². The van der Waals surface area contributed by atoms with Gasteiger partial charge in [-0.1, -0.05) is 12.1 Å². The highest BCUT2D eigenvalue weighted by Crippen LogP contribution is 2.35. The van der Waals surface area contributed by atoms with Crippen molar-refractivity contribution in [2.75, 3.05) is 22.1 Å². The molecule has 1 atom stereocenters. The van der Waals surface area contributed by atoms with Crippen LogP contribution >= 0.6 is 0 Å². The van der Waals surface area contributed by atoms with E-state index in [9.17, 15) is 18.0 Å². The van der Waals surface area contributed by atoms with Crippen LogP contribution in [0.25, 0.3) is 11.3 Å². The molecule has 0 unspecified atom stereocenters. The quantitative estimate of drug-likeness (QED) is 0.574. The molecule has 2 N–H and O–H groups in total. The van der Waals surface area contributed by atoms with E-state index in [0.29, 0.717) is 41.4 Å². The lowest BCUT2D eigenvalue weighted by atomic mass is 10.1. The third-order valence-electron chi connectivity index (χ3n) is 5.06. The second kappa shape index (κ2) is 8.25. The molecule has 0 radical (unpaired) electrons. The van der Waals surface area contributed by atoms with Gasteiger partial charge in [-0.3, -0.25) is 9.88 Å². The van der Waals surface area contributed by atoms with Crippen LogP contribution in [0.3, 0.4) is 0 Å². The van der Waals surface area contributed by atoms with Crippen LogP contribution in [0.5, 0.6) is 0 Å². The predicted octanol–water partition coefficient (Wildman–Crippen LogP) is 5.41. The van der Waals surface area contributed by atoms with Gasteiger partial charge in [0.25, 0.3) is 0 Å². The Bertz CT molecular complexity index is 1090. The lowest BCUT2D eigenvalue weighted by molar-refractivity contribution is -0.137. The molecule has 3 aromatic rings. The van der Waals surface area contributed by atoms with Crippen molar-refractivity contribution in [3.8, 4) is 11.3 Å². The monoisotopic (exact) mass is 427 g/mol. The van der Waals surface area contributed by atoms with Gasteiger partial charge in [0.2, 0.25) is 0 Å². The molecule has 9 heteroatoms. The van der Waals surface area contributed by atoms with E-state index in [4.69, 9.17) is 0 Å². The standard InChI is InChI=1S/C22H20F3N5O/c1-14-7-12-27-19-6-5-18(15-3-2-4-16(13-15)22(23,24)25)29-20(19)30(14)21(31)28-17-8-10-26-11-9-17/h2-6,8-11,13-14,27H,7,12H2,1H3,(H,26,28,31)/t14-/m1/s1. The van der Waals surface area contributed by atoms with Crippen LogP contribution in [-0.4, -0.2) is 28.6 Å². The summed E-state index contributed by atoms with van der Waals surface area (Å²) in [5.41, 5.74) is 1.15. The van der Waals surface area contributed by atoms with Gasteiger partial charge in [0.05, 0.1) is 16.9 Å². The third kappa shape index (κ3) is 4.45. The fourth-order valence-corrected chi connectivity index (χ4v) is 3.45. The number of carbonyl (C=O) groups is 1. The molecule has 2 amide bonds. The van der Waals surface area contributed by atoms with Crippen molar-refractivity contribution >= 4 is 23.2 Å². The average Bonchev–Trinajstić information content (AvgIpc) is 2.91. The zero-order chi connectivity index (χ0) is 22.0. The molecule has 1 aromatic carbocycles. The van der Waals surface area contributed by atoms with E-state index in [-0.39, 0.29) is 12.1 Å². The second-order valence-corrected chi connectivity index (χ2v) is 7.25. The molecule has 0 saturated heterocycles. The summed E-state index contributed by atoms with van der Waals surface area (Å²) in [4.78, 5) is 23.2. The lowest BCUT2D eigenvalue weighted by Gasteiger charge is -2.27. The number of benzene rings is 1. The van der Waals surface area contributed by atoms with Crippen LogP contribution in [0.4, 0.5) is 35.2 Å². The largest absolute Gasteiger partial charge is 0.416 e. The van der Waals surface area contributed by atoms with Gasteiger partial charge in [-0.15, -0.1) is 0 Å². The summed E-state index contributed by atoms with van der Waals surface area (Å²) in [5.74, 6) is 0.367. The summed E-state index contributed by atoms with van der Waals surface area (Å²) >= 11 is 0. The number of rotatable bonds is 2. The molecule has 1 aliphatic rings. The Hall–Kier alpha value is -3.62. The maximum absolute atomic E-state index is 13.1. The molecule has 3 heterocycles. The first kappa shape index (κ1) is 20.6. The Morgan fingerprint density at radius 2 is 1.94 bits per heavy atom. The molecule has 4 rings (SSSR count). The zero-order valence-corrected chi connectivity index (χ0v) is 16.6. The summed E-state index contributed by atoms with van der Waals surface area (Å²) in [6.45, 7) is 2.54. The van der Waals surface area contributed by atoms with E-state index in [0.717, 1.165) is 12.1 Å². The van der Waals surface area contributed by atoms with E-state index in [1.165, 1.54) is 11.0 Å². The number of halogens is 3. The molecular formula is C22H20F3N5O. The Kier molecular flexibility index (Phi) is 5.50. The predicted molar refractivity (Wildman–Crippen MR) is 113 cm³/mol. The Morgan fingerprint density at radius 3 is 2.68 bits per heavy atom. The number of nitrogens with zero attached hydrogens (tertiary/aromatic N) is 3. The van der Waals surface area contributed by atoms with Gasteiger partial charge >= 0.3 is 12.2 Å². The molecule has 31 heavy (non-hydrogen) atoms. The molecular weight excluding hydrogens is 407 g/mol. The van der Waals surface area contributed by atoms with Crippen molar-refractivity contribution in [1.29, 1.82) is 0 Å². The van der Waals surface area contributed by atoms with Crippen LogP contribution in [0.15, 0.2) is 60.9 Å². The number of hydrogen-bond acceptors (Lipinski definition) is 4. The topological polar surface area (TPSA) is 70.2 Å².